The molecule has 1 saturated heterocycles. The predicted molar refractivity (Wildman–Crippen MR) is 86.9 cm³/mol. The van der Waals surface area contributed by atoms with Crippen LogP contribution in [0.4, 0.5) is 0 Å². The molecular weight excluding hydrogens is 344 g/mol. The monoisotopic (exact) mass is 364 g/mol. The maximum Gasteiger partial charge on any atom is 0.243 e. The average molecular weight is 365 g/mol. The van der Waals surface area contributed by atoms with E-state index in [0.29, 0.717) is 44.4 Å². The molecule has 0 bridgehead atoms. The Hall–Kier alpha value is -1.06. The van der Waals surface area contributed by atoms with Gasteiger partial charge in [-0.05, 0) is 12.1 Å². The van der Waals surface area contributed by atoms with Crippen molar-refractivity contribution in [2.45, 2.75) is 17.4 Å². The van der Waals surface area contributed by atoms with Gasteiger partial charge in [0.25, 0.3) is 0 Å². The molecule has 0 spiro atoms. The lowest BCUT2D eigenvalue weighted by Crippen LogP contribution is -2.48. The predicted octanol–water partition coefficient (Wildman–Crippen LogP) is 0.618. The Bertz CT molecular complexity index is 640. The van der Waals surface area contributed by atoms with Crippen molar-refractivity contribution in [2.75, 3.05) is 39.5 Å². The summed E-state index contributed by atoms with van der Waals surface area (Å²) in [5, 5.41) is 0. The van der Waals surface area contributed by atoms with Crippen LogP contribution in [-0.4, -0.2) is 58.3 Å². The minimum Gasteiger partial charge on any atom is -0.490 e. The fourth-order valence-corrected chi connectivity index (χ4v) is 3.98. The molecule has 1 aromatic carbocycles. The molecule has 2 heterocycles. The number of benzene rings is 1. The highest BCUT2D eigenvalue weighted by Gasteiger charge is 2.31. The van der Waals surface area contributed by atoms with Gasteiger partial charge in [0, 0.05) is 32.1 Å². The largest absolute Gasteiger partial charge is 0.490 e. The molecule has 7 nitrogen and oxygen atoms in total. The topological polar surface area (TPSA) is 91.1 Å². The van der Waals surface area contributed by atoms with Gasteiger partial charge >= 0.3 is 0 Å². The van der Waals surface area contributed by atoms with Gasteiger partial charge in [0.05, 0.1) is 30.8 Å². The molecular formula is C14H21ClN2O5S. The van der Waals surface area contributed by atoms with Gasteiger partial charge in [-0.2, -0.15) is 4.31 Å². The van der Waals surface area contributed by atoms with Gasteiger partial charge in [0.1, 0.15) is 0 Å². The second kappa shape index (κ2) is 7.67. The van der Waals surface area contributed by atoms with Gasteiger partial charge in [-0.25, -0.2) is 8.42 Å². The molecule has 1 unspecified atom stereocenters. The highest BCUT2D eigenvalue weighted by Crippen LogP contribution is 2.33. The Morgan fingerprint density at radius 1 is 1.17 bits per heavy atom. The Morgan fingerprint density at radius 2 is 1.91 bits per heavy atom. The fourth-order valence-electron chi connectivity index (χ4n) is 2.51. The van der Waals surface area contributed by atoms with E-state index in [4.69, 9.17) is 19.9 Å². The molecule has 23 heavy (non-hydrogen) atoms. The number of morpholine rings is 1. The first-order valence-corrected chi connectivity index (χ1v) is 8.77. The number of sulfonamides is 1. The van der Waals surface area contributed by atoms with Crippen LogP contribution in [0.15, 0.2) is 23.1 Å². The SMILES string of the molecule is Cl.NCC1CN(S(=O)(=O)c2ccc3c(c2)OCCCO3)CCO1. The van der Waals surface area contributed by atoms with Gasteiger partial charge in [0.2, 0.25) is 10.0 Å². The van der Waals surface area contributed by atoms with E-state index in [1.165, 1.54) is 10.4 Å². The summed E-state index contributed by atoms with van der Waals surface area (Å²) in [6, 6.07) is 4.73. The molecule has 130 valence electrons. The van der Waals surface area contributed by atoms with Crippen LogP contribution in [0.1, 0.15) is 6.42 Å². The zero-order valence-electron chi connectivity index (χ0n) is 12.6. The molecule has 0 aromatic heterocycles. The van der Waals surface area contributed by atoms with Crippen molar-refractivity contribution in [3.63, 3.8) is 0 Å². The first-order valence-electron chi connectivity index (χ1n) is 7.33. The summed E-state index contributed by atoms with van der Waals surface area (Å²) in [4.78, 5) is 0.203. The normalized spacial score (nSPS) is 22.0. The highest BCUT2D eigenvalue weighted by molar-refractivity contribution is 7.89. The number of nitrogens with two attached hydrogens (primary N) is 1. The Balaban J connectivity index is 0.00000192. The molecule has 3 rings (SSSR count). The van der Waals surface area contributed by atoms with E-state index in [-0.39, 0.29) is 30.0 Å². The van der Waals surface area contributed by atoms with Crippen molar-refractivity contribution in [1.29, 1.82) is 0 Å². The average Bonchev–Trinajstić information content (AvgIpc) is 2.79. The van der Waals surface area contributed by atoms with Gasteiger partial charge in [0.15, 0.2) is 11.5 Å². The molecule has 0 saturated carbocycles. The number of hydrogen-bond acceptors (Lipinski definition) is 6. The summed E-state index contributed by atoms with van der Waals surface area (Å²) in [6.45, 7) is 2.34. The summed E-state index contributed by atoms with van der Waals surface area (Å²) < 4.78 is 43.4. The van der Waals surface area contributed by atoms with Crippen molar-refractivity contribution < 1.29 is 22.6 Å². The minimum atomic E-state index is -3.59. The van der Waals surface area contributed by atoms with E-state index in [0.717, 1.165) is 6.42 Å². The molecule has 0 aliphatic carbocycles. The van der Waals surface area contributed by atoms with E-state index in [2.05, 4.69) is 0 Å². The van der Waals surface area contributed by atoms with Gasteiger partial charge in [-0.3, -0.25) is 0 Å². The van der Waals surface area contributed by atoms with Crippen LogP contribution in [0.5, 0.6) is 11.5 Å². The third-order valence-electron chi connectivity index (χ3n) is 3.72. The second-order valence-corrected chi connectivity index (χ2v) is 7.19. The Kier molecular flexibility index (Phi) is 6.10. The molecule has 2 aliphatic heterocycles. The van der Waals surface area contributed by atoms with E-state index in [1.54, 1.807) is 12.1 Å². The molecule has 2 aliphatic rings. The first kappa shape index (κ1) is 18.3. The number of ether oxygens (including phenoxy) is 3. The number of halogens is 1. The Morgan fingerprint density at radius 3 is 2.65 bits per heavy atom. The van der Waals surface area contributed by atoms with Crippen LogP contribution in [0, 0.1) is 0 Å². The third-order valence-corrected chi connectivity index (χ3v) is 5.58. The molecule has 2 N–H and O–H groups in total. The van der Waals surface area contributed by atoms with Crippen LogP contribution >= 0.6 is 12.4 Å². The van der Waals surface area contributed by atoms with Gasteiger partial charge in [-0.1, -0.05) is 0 Å². The molecule has 1 aromatic rings. The van der Waals surface area contributed by atoms with Gasteiger partial charge < -0.3 is 19.9 Å². The first-order chi connectivity index (χ1) is 10.6. The number of fused-ring (bicyclic) bond motifs is 1. The second-order valence-electron chi connectivity index (χ2n) is 5.25. The summed E-state index contributed by atoms with van der Waals surface area (Å²) in [5.41, 5.74) is 5.57. The van der Waals surface area contributed by atoms with E-state index in [1.807, 2.05) is 0 Å². The van der Waals surface area contributed by atoms with Crippen LogP contribution < -0.4 is 15.2 Å². The minimum absolute atomic E-state index is 0. The zero-order valence-corrected chi connectivity index (χ0v) is 14.3. The molecule has 0 amide bonds. The van der Waals surface area contributed by atoms with Crippen molar-refractivity contribution in [1.82, 2.24) is 4.31 Å². The quantitative estimate of drug-likeness (QED) is 0.845. The molecule has 1 fully saturated rings. The van der Waals surface area contributed by atoms with Crippen LogP contribution in [-0.2, 0) is 14.8 Å². The van der Waals surface area contributed by atoms with Crippen LogP contribution in [0.3, 0.4) is 0 Å². The standard InChI is InChI=1S/C14H20N2O5S.ClH/c15-9-11-10-16(4-7-19-11)22(17,18)12-2-3-13-14(8-12)21-6-1-5-20-13;/h2-3,8,11H,1,4-7,9-10,15H2;1H. The lowest BCUT2D eigenvalue weighted by Gasteiger charge is -2.31. The molecule has 0 radical (unpaired) electrons. The van der Waals surface area contributed by atoms with Gasteiger partial charge in [-0.15, -0.1) is 12.4 Å². The highest BCUT2D eigenvalue weighted by atomic mass is 35.5. The maximum absolute atomic E-state index is 12.8. The summed E-state index contributed by atoms with van der Waals surface area (Å²) in [7, 11) is -3.59. The fraction of sp³-hybridized carbons (Fsp3) is 0.571. The summed E-state index contributed by atoms with van der Waals surface area (Å²) in [6.07, 6.45) is 0.516. The number of nitrogens with zero attached hydrogens (tertiary/aromatic N) is 1. The van der Waals surface area contributed by atoms with Crippen molar-refractivity contribution >= 4 is 22.4 Å². The number of rotatable bonds is 3. The van der Waals surface area contributed by atoms with Crippen molar-refractivity contribution in [2.24, 2.45) is 5.73 Å². The lowest BCUT2D eigenvalue weighted by molar-refractivity contribution is 0.00450. The third kappa shape index (κ3) is 3.89. The van der Waals surface area contributed by atoms with E-state index in [9.17, 15) is 8.42 Å². The smallest absolute Gasteiger partial charge is 0.243 e. The molecule has 1 atom stereocenters. The number of hydrogen-bond donors (Lipinski definition) is 1. The van der Waals surface area contributed by atoms with E-state index < -0.39 is 10.0 Å². The zero-order chi connectivity index (χ0) is 15.6. The van der Waals surface area contributed by atoms with E-state index >= 15 is 0 Å². The lowest BCUT2D eigenvalue weighted by atomic mass is 10.3. The summed E-state index contributed by atoms with van der Waals surface area (Å²) in [5.74, 6) is 1.06. The Labute approximate surface area is 142 Å². The molecule has 9 heteroatoms. The summed E-state index contributed by atoms with van der Waals surface area (Å²) >= 11 is 0. The maximum atomic E-state index is 12.8. The van der Waals surface area contributed by atoms with Crippen LogP contribution in [0.25, 0.3) is 0 Å². The van der Waals surface area contributed by atoms with Crippen molar-refractivity contribution in [3.8, 4) is 11.5 Å². The van der Waals surface area contributed by atoms with Crippen molar-refractivity contribution in [3.05, 3.63) is 18.2 Å². The van der Waals surface area contributed by atoms with Crippen LogP contribution in [0.2, 0.25) is 0 Å².